The quantitative estimate of drug-likeness (QED) is 0.751. The number of methoxy groups -OCH3 is 1. The maximum Gasteiger partial charge on any atom is 0.407 e. The molecule has 5 heteroatoms. The Morgan fingerprint density at radius 2 is 2.12 bits per heavy atom. The van der Waals surface area contributed by atoms with E-state index in [2.05, 4.69) is 10.6 Å². The Balaban J connectivity index is 2.38. The summed E-state index contributed by atoms with van der Waals surface area (Å²) in [6.07, 6.45) is -0.359. The highest BCUT2D eigenvalue weighted by atomic mass is 16.6. The lowest BCUT2D eigenvalue weighted by Crippen LogP contribution is -2.44. The summed E-state index contributed by atoms with van der Waals surface area (Å²) in [7, 11) is 1.67. The second kappa shape index (κ2) is 5.50. The van der Waals surface area contributed by atoms with Gasteiger partial charge in [-0.2, -0.15) is 0 Å². The second-order valence-corrected chi connectivity index (χ2v) is 5.13. The van der Waals surface area contributed by atoms with E-state index in [1.165, 1.54) is 0 Å². The van der Waals surface area contributed by atoms with Crippen LogP contribution in [0.3, 0.4) is 0 Å². The average molecular weight is 230 g/mol. The number of carbonyl (C=O) groups is 1. The highest BCUT2D eigenvalue weighted by molar-refractivity contribution is 5.68. The van der Waals surface area contributed by atoms with Gasteiger partial charge in [-0.15, -0.1) is 0 Å². The molecule has 0 aromatic carbocycles. The molecule has 1 saturated heterocycles. The molecule has 94 valence electrons. The summed E-state index contributed by atoms with van der Waals surface area (Å²) >= 11 is 0. The van der Waals surface area contributed by atoms with Crippen LogP contribution in [-0.4, -0.2) is 44.5 Å². The molecule has 1 aliphatic heterocycles. The Bertz CT molecular complexity index is 238. The average Bonchev–Trinajstić information content (AvgIpc) is 2.50. The van der Waals surface area contributed by atoms with Crippen LogP contribution in [0, 0.1) is 5.92 Å². The standard InChI is InChI=1S/C11H22N2O3/c1-11(2,3)16-10(14)13-9-6-12-5-8(9)7-15-4/h8-9,12H,5-7H2,1-4H3,(H,13,14)/t8-,9-/m0/s1. The predicted molar refractivity (Wildman–Crippen MR) is 61.4 cm³/mol. The largest absolute Gasteiger partial charge is 0.444 e. The van der Waals surface area contributed by atoms with Gasteiger partial charge in [-0.25, -0.2) is 4.79 Å². The molecule has 1 aliphatic rings. The van der Waals surface area contributed by atoms with Crippen molar-refractivity contribution in [1.82, 2.24) is 10.6 Å². The summed E-state index contributed by atoms with van der Waals surface area (Å²) in [5, 5.41) is 6.09. The number of rotatable bonds is 3. The third-order valence-electron chi connectivity index (χ3n) is 2.42. The summed E-state index contributed by atoms with van der Waals surface area (Å²) in [5.41, 5.74) is -0.452. The molecule has 1 heterocycles. The summed E-state index contributed by atoms with van der Waals surface area (Å²) in [6.45, 7) is 7.85. The van der Waals surface area contributed by atoms with E-state index in [1.807, 2.05) is 20.8 Å². The number of nitrogens with one attached hydrogen (secondary N) is 2. The topological polar surface area (TPSA) is 59.6 Å². The number of amides is 1. The lowest BCUT2D eigenvalue weighted by atomic mass is 10.1. The molecular formula is C11H22N2O3. The van der Waals surface area contributed by atoms with Crippen molar-refractivity contribution in [2.24, 2.45) is 5.92 Å². The summed E-state index contributed by atoms with van der Waals surface area (Å²) in [5.74, 6) is 0.317. The van der Waals surface area contributed by atoms with Crippen molar-refractivity contribution in [3.8, 4) is 0 Å². The van der Waals surface area contributed by atoms with Gasteiger partial charge in [-0.3, -0.25) is 0 Å². The minimum absolute atomic E-state index is 0.0924. The molecule has 0 saturated carbocycles. The first-order valence-corrected chi connectivity index (χ1v) is 5.61. The third-order valence-corrected chi connectivity index (χ3v) is 2.42. The van der Waals surface area contributed by atoms with Crippen LogP contribution in [0.5, 0.6) is 0 Å². The molecule has 5 nitrogen and oxygen atoms in total. The minimum atomic E-state index is -0.452. The van der Waals surface area contributed by atoms with Gasteiger partial charge in [-0.1, -0.05) is 0 Å². The molecule has 16 heavy (non-hydrogen) atoms. The van der Waals surface area contributed by atoms with Gasteiger partial charge in [0.1, 0.15) is 5.60 Å². The molecule has 1 rings (SSSR count). The van der Waals surface area contributed by atoms with Crippen molar-refractivity contribution in [3.05, 3.63) is 0 Å². The number of hydrogen-bond donors (Lipinski definition) is 2. The van der Waals surface area contributed by atoms with Gasteiger partial charge >= 0.3 is 6.09 Å². The Kier molecular flexibility index (Phi) is 4.56. The fourth-order valence-corrected chi connectivity index (χ4v) is 1.75. The fraction of sp³-hybridized carbons (Fsp3) is 0.909. The van der Waals surface area contributed by atoms with Gasteiger partial charge in [0.25, 0.3) is 0 Å². The lowest BCUT2D eigenvalue weighted by Gasteiger charge is -2.23. The Morgan fingerprint density at radius 1 is 1.44 bits per heavy atom. The molecule has 0 bridgehead atoms. The van der Waals surface area contributed by atoms with E-state index < -0.39 is 5.60 Å². The molecule has 0 aromatic heterocycles. The maximum absolute atomic E-state index is 11.6. The van der Waals surface area contributed by atoms with Gasteiger partial charge in [0, 0.05) is 26.1 Å². The lowest BCUT2D eigenvalue weighted by molar-refractivity contribution is 0.0480. The van der Waals surface area contributed by atoms with Crippen LogP contribution in [0.4, 0.5) is 4.79 Å². The summed E-state index contributed by atoms with van der Waals surface area (Å²) in [4.78, 5) is 11.6. The monoisotopic (exact) mass is 230 g/mol. The van der Waals surface area contributed by atoms with Crippen LogP contribution in [0.2, 0.25) is 0 Å². The van der Waals surface area contributed by atoms with E-state index in [4.69, 9.17) is 9.47 Å². The van der Waals surface area contributed by atoms with E-state index in [1.54, 1.807) is 7.11 Å². The van der Waals surface area contributed by atoms with Crippen LogP contribution < -0.4 is 10.6 Å². The highest BCUT2D eigenvalue weighted by Crippen LogP contribution is 2.11. The predicted octanol–water partition coefficient (Wildman–Crippen LogP) is 0.745. The van der Waals surface area contributed by atoms with Crippen molar-refractivity contribution in [3.63, 3.8) is 0 Å². The number of ether oxygens (including phenoxy) is 2. The first-order chi connectivity index (χ1) is 7.42. The number of hydrogen-bond acceptors (Lipinski definition) is 4. The van der Waals surface area contributed by atoms with E-state index in [9.17, 15) is 4.79 Å². The van der Waals surface area contributed by atoms with Crippen molar-refractivity contribution in [2.45, 2.75) is 32.4 Å². The van der Waals surface area contributed by atoms with Crippen LogP contribution in [0.25, 0.3) is 0 Å². The molecule has 0 unspecified atom stereocenters. The van der Waals surface area contributed by atoms with E-state index >= 15 is 0 Å². The molecule has 2 atom stereocenters. The summed E-state index contributed by atoms with van der Waals surface area (Å²) in [6, 6.07) is 0.0924. The van der Waals surface area contributed by atoms with Crippen molar-refractivity contribution >= 4 is 6.09 Å². The third kappa shape index (κ3) is 4.37. The SMILES string of the molecule is COC[C@@H]1CNC[C@@H]1NC(=O)OC(C)(C)C. The van der Waals surface area contributed by atoms with Crippen molar-refractivity contribution in [1.29, 1.82) is 0 Å². The molecule has 1 fully saturated rings. The minimum Gasteiger partial charge on any atom is -0.444 e. The number of carbonyl (C=O) groups excluding carboxylic acids is 1. The zero-order chi connectivity index (χ0) is 12.2. The Morgan fingerprint density at radius 3 is 2.69 bits per heavy atom. The Hall–Kier alpha value is -0.810. The highest BCUT2D eigenvalue weighted by Gasteiger charge is 2.29. The fourth-order valence-electron chi connectivity index (χ4n) is 1.75. The first kappa shape index (κ1) is 13.3. The van der Waals surface area contributed by atoms with Crippen LogP contribution in [0.15, 0.2) is 0 Å². The first-order valence-electron chi connectivity index (χ1n) is 5.61. The second-order valence-electron chi connectivity index (χ2n) is 5.13. The van der Waals surface area contributed by atoms with E-state index in [0.29, 0.717) is 12.5 Å². The molecule has 0 spiro atoms. The maximum atomic E-state index is 11.6. The van der Waals surface area contributed by atoms with E-state index in [0.717, 1.165) is 13.1 Å². The molecule has 2 N–H and O–H groups in total. The van der Waals surface area contributed by atoms with Gasteiger partial charge in [0.2, 0.25) is 0 Å². The van der Waals surface area contributed by atoms with Gasteiger partial charge in [0.05, 0.1) is 12.6 Å². The van der Waals surface area contributed by atoms with Gasteiger partial charge in [0.15, 0.2) is 0 Å². The molecular weight excluding hydrogens is 208 g/mol. The zero-order valence-corrected chi connectivity index (χ0v) is 10.5. The van der Waals surface area contributed by atoms with Crippen molar-refractivity contribution < 1.29 is 14.3 Å². The number of alkyl carbamates (subject to hydrolysis) is 1. The summed E-state index contributed by atoms with van der Waals surface area (Å²) < 4.78 is 10.3. The Labute approximate surface area is 96.9 Å². The van der Waals surface area contributed by atoms with Crippen LogP contribution in [-0.2, 0) is 9.47 Å². The van der Waals surface area contributed by atoms with Crippen LogP contribution in [0.1, 0.15) is 20.8 Å². The van der Waals surface area contributed by atoms with Crippen molar-refractivity contribution in [2.75, 3.05) is 26.8 Å². The van der Waals surface area contributed by atoms with E-state index in [-0.39, 0.29) is 12.1 Å². The molecule has 0 radical (unpaired) electrons. The molecule has 0 aliphatic carbocycles. The van der Waals surface area contributed by atoms with Crippen LogP contribution >= 0.6 is 0 Å². The van der Waals surface area contributed by atoms with Gasteiger partial charge < -0.3 is 20.1 Å². The normalized spacial score (nSPS) is 25.5. The molecule has 1 amide bonds. The molecule has 0 aromatic rings. The smallest absolute Gasteiger partial charge is 0.407 e. The zero-order valence-electron chi connectivity index (χ0n) is 10.5. The van der Waals surface area contributed by atoms with Gasteiger partial charge in [-0.05, 0) is 20.8 Å².